The molecule has 0 aliphatic heterocycles. The van der Waals surface area contributed by atoms with Crippen LogP contribution >= 0.6 is 0 Å². The maximum atomic E-state index is 12.1. The van der Waals surface area contributed by atoms with Crippen molar-refractivity contribution in [3.05, 3.63) is 40.4 Å². The predicted octanol–water partition coefficient (Wildman–Crippen LogP) is 1.35. The average Bonchev–Trinajstić information content (AvgIpc) is 2.29. The van der Waals surface area contributed by atoms with Crippen molar-refractivity contribution in [1.82, 2.24) is 9.55 Å². The van der Waals surface area contributed by atoms with Crippen molar-refractivity contribution in [2.75, 3.05) is 13.7 Å². The van der Waals surface area contributed by atoms with E-state index in [1.54, 1.807) is 24.1 Å². The van der Waals surface area contributed by atoms with Crippen LogP contribution in [0.15, 0.2) is 29.3 Å². The highest BCUT2D eigenvalue weighted by molar-refractivity contribution is 5.80. The zero-order chi connectivity index (χ0) is 11.5. The van der Waals surface area contributed by atoms with Gasteiger partial charge in [0.25, 0.3) is 5.56 Å². The van der Waals surface area contributed by atoms with Crippen LogP contribution in [0.1, 0.15) is 5.56 Å². The first-order valence-corrected chi connectivity index (χ1v) is 5.17. The Morgan fingerprint density at radius 1 is 1.44 bits per heavy atom. The van der Waals surface area contributed by atoms with Gasteiger partial charge in [0.2, 0.25) is 0 Å². The third-order valence-electron chi connectivity index (χ3n) is 2.59. The van der Waals surface area contributed by atoms with Crippen molar-refractivity contribution < 1.29 is 4.74 Å². The predicted molar refractivity (Wildman–Crippen MR) is 62.6 cm³/mol. The molecule has 0 spiro atoms. The van der Waals surface area contributed by atoms with Crippen LogP contribution in [-0.2, 0) is 11.3 Å². The number of rotatable bonds is 3. The number of nitrogens with zero attached hydrogens (tertiary/aromatic N) is 2. The summed E-state index contributed by atoms with van der Waals surface area (Å²) in [5.74, 6) is 0. The molecule has 0 fully saturated rings. The zero-order valence-corrected chi connectivity index (χ0v) is 9.43. The highest BCUT2D eigenvalue weighted by Crippen LogP contribution is 2.10. The minimum absolute atomic E-state index is 0.00856. The van der Waals surface area contributed by atoms with Crippen LogP contribution in [0, 0.1) is 6.92 Å². The molecule has 0 aliphatic carbocycles. The fourth-order valence-electron chi connectivity index (χ4n) is 1.69. The lowest BCUT2D eigenvalue weighted by atomic mass is 10.1. The first-order chi connectivity index (χ1) is 7.74. The van der Waals surface area contributed by atoms with Crippen LogP contribution in [0.5, 0.6) is 0 Å². The van der Waals surface area contributed by atoms with Crippen LogP contribution < -0.4 is 5.56 Å². The Kier molecular flexibility index (Phi) is 3.01. The van der Waals surface area contributed by atoms with Gasteiger partial charge in [0, 0.05) is 7.11 Å². The number of benzene rings is 1. The van der Waals surface area contributed by atoms with Gasteiger partial charge in [-0.1, -0.05) is 12.1 Å². The summed E-state index contributed by atoms with van der Waals surface area (Å²) in [4.78, 5) is 16.4. The van der Waals surface area contributed by atoms with Gasteiger partial charge in [-0.2, -0.15) is 0 Å². The van der Waals surface area contributed by atoms with E-state index in [0.29, 0.717) is 18.5 Å². The Balaban J connectivity index is 2.57. The normalized spacial score (nSPS) is 10.9. The third-order valence-corrected chi connectivity index (χ3v) is 2.59. The van der Waals surface area contributed by atoms with Gasteiger partial charge >= 0.3 is 0 Å². The number of para-hydroxylation sites is 1. The quantitative estimate of drug-likeness (QED) is 0.781. The van der Waals surface area contributed by atoms with Gasteiger partial charge in [-0.15, -0.1) is 0 Å². The minimum atomic E-state index is -0.00856. The van der Waals surface area contributed by atoms with E-state index in [1.165, 1.54) is 0 Å². The summed E-state index contributed by atoms with van der Waals surface area (Å²) in [5.41, 5.74) is 1.79. The van der Waals surface area contributed by atoms with Crippen molar-refractivity contribution in [1.29, 1.82) is 0 Å². The van der Waals surface area contributed by atoms with Crippen LogP contribution in [0.2, 0.25) is 0 Å². The third kappa shape index (κ3) is 1.84. The lowest BCUT2D eigenvalue weighted by molar-refractivity contribution is 0.186. The number of methoxy groups -OCH3 is 1. The Labute approximate surface area is 93.5 Å². The molecule has 0 bridgehead atoms. The molecule has 0 radical (unpaired) electrons. The van der Waals surface area contributed by atoms with Crippen LogP contribution in [0.3, 0.4) is 0 Å². The molecule has 0 aliphatic rings. The number of aromatic nitrogens is 2. The first-order valence-electron chi connectivity index (χ1n) is 5.17. The van der Waals surface area contributed by atoms with E-state index in [2.05, 4.69) is 4.98 Å². The van der Waals surface area contributed by atoms with Crippen molar-refractivity contribution in [3.8, 4) is 0 Å². The van der Waals surface area contributed by atoms with E-state index in [9.17, 15) is 4.79 Å². The maximum Gasteiger partial charge on any atom is 0.261 e. The van der Waals surface area contributed by atoms with E-state index in [4.69, 9.17) is 4.74 Å². The number of hydrogen-bond acceptors (Lipinski definition) is 3. The molecule has 1 aromatic heterocycles. The number of ether oxygens (including phenoxy) is 1. The Morgan fingerprint density at radius 2 is 2.25 bits per heavy atom. The Bertz CT molecular complexity index is 560. The van der Waals surface area contributed by atoms with Gasteiger partial charge in [-0.05, 0) is 18.6 Å². The smallest absolute Gasteiger partial charge is 0.261 e. The van der Waals surface area contributed by atoms with Gasteiger partial charge in [-0.25, -0.2) is 4.98 Å². The van der Waals surface area contributed by atoms with Crippen molar-refractivity contribution in [2.24, 2.45) is 0 Å². The Morgan fingerprint density at radius 3 is 3.00 bits per heavy atom. The Hall–Kier alpha value is -1.68. The van der Waals surface area contributed by atoms with E-state index in [0.717, 1.165) is 11.1 Å². The standard InChI is InChI=1S/C12H14N2O2/c1-9-4-3-5-10-11(9)13-8-14(12(10)15)6-7-16-2/h3-5,8H,6-7H2,1-2H3. The summed E-state index contributed by atoms with van der Waals surface area (Å²) < 4.78 is 6.52. The topological polar surface area (TPSA) is 44.1 Å². The molecule has 1 heterocycles. The second-order valence-electron chi connectivity index (χ2n) is 3.71. The molecule has 0 unspecified atom stereocenters. The summed E-state index contributed by atoms with van der Waals surface area (Å²) in [6.45, 7) is 3.00. The largest absolute Gasteiger partial charge is 0.383 e. The van der Waals surface area contributed by atoms with Crippen molar-refractivity contribution >= 4 is 10.9 Å². The zero-order valence-electron chi connectivity index (χ0n) is 9.43. The molecule has 1 aromatic carbocycles. The SMILES string of the molecule is COCCn1cnc2c(C)cccc2c1=O. The van der Waals surface area contributed by atoms with Crippen LogP contribution in [0.25, 0.3) is 10.9 Å². The second kappa shape index (κ2) is 4.45. The second-order valence-corrected chi connectivity index (χ2v) is 3.71. The highest BCUT2D eigenvalue weighted by Gasteiger charge is 2.04. The fraction of sp³-hybridized carbons (Fsp3) is 0.333. The first kappa shape index (κ1) is 10.8. The van der Waals surface area contributed by atoms with Crippen LogP contribution in [0.4, 0.5) is 0 Å². The molecule has 2 aromatic rings. The number of fused-ring (bicyclic) bond motifs is 1. The lowest BCUT2D eigenvalue weighted by Gasteiger charge is -2.06. The summed E-state index contributed by atoms with van der Waals surface area (Å²) in [5, 5.41) is 0.665. The van der Waals surface area contributed by atoms with Gasteiger partial charge in [0.1, 0.15) is 0 Å². The molecule has 0 saturated heterocycles. The van der Waals surface area contributed by atoms with Gasteiger partial charge in [0.05, 0.1) is 30.4 Å². The molecule has 2 rings (SSSR count). The van der Waals surface area contributed by atoms with E-state index in [1.807, 2.05) is 19.1 Å². The van der Waals surface area contributed by atoms with Gasteiger partial charge < -0.3 is 4.74 Å². The average molecular weight is 218 g/mol. The van der Waals surface area contributed by atoms with Crippen LogP contribution in [-0.4, -0.2) is 23.3 Å². The molecule has 84 valence electrons. The van der Waals surface area contributed by atoms with Gasteiger partial charge in [-0.3, -0.25) is 9.36 Å². The van der Waals surface area contributed by atoms with E-state index in [-0.39, 0.29) is 5.56 Å². The minimum Gasteiger partial charge on any atom is -0.383 e. The fourth-order valence-corrected chi connectivity index (χ4v) is 1.69. The summed E-state index contributed by atoms with van der Waals surface area (Å²) in [6, 6.07) is 5.64. The van der Waals surface area contributed by atoms with E-state index < -0.39 is 0 Å². The molecule has 0 saturated carbocycles. The molecular weight excluding hydrogens is 204 g/mol. The van der Waals surface area contributed by atoms with Crippen molar-refractivity contribution in [2.45, 2.75) is 13.5 Å². The van der Waals surface area contributed by atoms with Gasteiger partial charge in [0.15, 0.2) is 0 Å². The van der Waals surface area contributed by atoms with E-state index >= 15 is 0 Å². The molecule has 0 amide bonds. The molecule has 4 nitrogen and oxygen atoms in total. The molecular formula is C12H14N2O2. The highest BCUT2D eigenvalue weighted by atomic mass is 16.5. The van der Waals surface area contributed by atoms with Crippen molar-refractivity contribution in [3.63, 3.8) is 0 Å². The summed E-state index contributed by atoms with van der Waals surface area (Å²) in [6.07, 6.45) is 1.58. The monoisotopic (exact) mass is 218 g/mol. The molecule has 16 heavy (non-hydrogen) atoms. The summed E-state index contributed by atoms with van der Waals surface area (Å²) >= 11 is 0. The lowest BCUT2D eigenvalue weighted by Crippen LogP contribution is -2.22. The molecule has 4 heteroatoms. The number of hydrogen-bond donors (Lipinski definition) is 0. The number of aryl methyl sites for hydroxylation is 1. The maximum absolute atomic E-state index is 12.1. The molecule has 0 atom stereocenters. The molecule has 0 N–H and O–H groups in total. The summed E-state index contributed by atoms with van der Waals surface area (Å²) in [7, 11) is 1.61.